The van der Waals surface area contributed by atoms with Crippen molar-refractivity contribution in [3.05, 3.63) is 43.0 Å². The van der Waals surface area contributed by atoms with Crippen LogP contribution in [-0.2, 0) is 4.79 Å². The zero-order valence-corrected chi connectivity index (χ0v) is 11.0. The first-order valence-electron chi connectivity index (χ1n) is 6.34. The molecule has 0 atom stereocenters. The number of ether oxygens (including phenoxy) is 1. The molecule has 3 heteroatoms. The van der Waals surface area contributed by atoms with E-state index in [9.17, 15) is 4.79 Å². The summed E-state index contributed by atoms with van der Waals surface area (Å²) in [6.07, 6.45) is 3.01. The van der Waals surface area contributed by atoms with E-state index in [0.29, 0.717) is 19.6 Å². The predicted octanol–water partition coefficient (Wildman–Crippen LogP) is 2.88. The molecule has 0 spiro atoms. The molecule has 1 aromatic rings. The Labute approximate surface area is 109 Å². The number of rotatable bonds is 8. The fourth-order valence-corrected chi connectivity index (χ4v) is 1.65. The second kappa shape index (κ2) is 8.34. The minimum Gasteiger partial charge on any atom is -0.494 e. The number of nitrogens with zero attached hydrogens (tertiary/aromatic N) is 1. The molecule has 0 saturated heterocycles. The van der Waals surface area contributed by atoms with Crippen LogP contribution in [-0.4, -0.2) is 30.5 Å². The molecule has 0 aliphatic heterocycles. The summed E-state index contributed by atoms with van der Waals surface area (Å²) in [5.41, 5.74) is 0. The number of hydrogen-bond donors (Lipinski definition) is 0. The van der Waals surface area contributed by atoms with Gasteiger partial charge in [0.25, 0.3) is 0 Å². The van der Waals surface area contributed by atoms with Gasteiger partial charge in [0.2, 0.25) is 5.91 Å². The highest BCUT2D eigenvalue weighted by Gasteiger charge is 2.09. The minimum atomic E-state index is 0.161. The van der Waals surface area contributed by atoms with Crippen molar-refractivity contribution >= 4 is 5.91 Å². The first kappa shape index (κ1) is 14.3. The molecule has 0 radical (unpaired) electrons. The van der Waals surface area contributed by atoms with E-state index in [0.717, 1.165) is 18.7 Å². The molecule has 1 aromatic carbocycles. The lowest BCUT2D eigenvalue weighted by Crippen LogP contribution is -2.30. The van der Waals surface area contributed by atoms with Crippen molar-refractivity contribution in [3.63, 3.8) is 0 Å². The van der Waals surface area contributed by atoms with E-state index in [-0.39, 0.29) is 5.91 Å². The summed E-state index contributed by atoms with van der Waals surface area (Å²) in [5, 5.41) is 0. The number of hydrogen-bond acceptors (Lipinski definition) is 2. The maximum atomic E-state index is 11.8. The Balaban J connectivity index is 2.21. The van der Waals surface area contributed by atoms with Crippen LogP contribution in [0, 0.1) is 0 Å². The lowest BCUT2D eigenvalue weighted by molar-refractivity contribution is -0.130. The van der Waals surface area contributed by atoms with Gasteiger partial charge in [-0.1, -0.05) is 24.3 Å². The topological polar surface area (TPSA) is 29.5 Å². The highest BCUT2D eigenvalue weighted by atomic mass is 16.5. The van der Waals surface area contributed by atoms with Gasteiger partial charge in [-0.3, -0.25) is 4.79 Å². The van der Waals surface area contributed by atoms with E-state index in [1.165, 1.54) is 0 Å². The van der Waals surface area contributed by atoms with Crippen LogP contribution in [0.25, 0.3) is 0 Å². The molecule has 0 N–H and O–H groups in total. The second-order valence-electron chi connectivity index (χ2n) is 3.99. The van der Waals surface area contributed by atoms with Crippen molar-refractivity contribution in [2.45, 2.75) is 19.8 Å². The molecular formula is C15H21NO2. The lowest BCUT2D eigenvalue weighted by atomic mass is 10.3. The first-order valence-corrected chi connectivity index (χ1v) is 6.34. The van der Waals surface area contributed by atoms with Crippen molar-refractivity contribution in [2.24, 2.45) is 0 Å². The summed E-state index contributed by atoms with van der Waals surface area (Å²) in [7, 11) is 0. The largest absolute Gasteiger partial charge is 0.494 e. The first-order chi connectivity index (χ1) is 8.77. The Morgan fingerprint density at radius 2 is 2.11 bits per heavy atom. The monoisotopic (exact) mass is 247 g/mol. The van der Waals surface area contributed by atoms with Crippen LogP contribution in [0.5, 0.6) is 5.75 Å². The third-order valence-corrected chi connectivity index (χ3v) is 2.63. The van der Waals surface area contributed by atoms with Gasteiger partial charge in [-0.2, -0.15) is 0 Å². The average Bonchev–Trinajstić information content (AvgIpc) is 2.42. The van der Waals surface area contributed by atoms with Gasteiger partial charge in [0.15, 0.2) is 0 Å². The third kappa shape index (κ3) is 5.04. The maximum absolute atomic E-state index is 11.8. The molecule has 1 rings (SSSR count). The number of carbonyl (C=O) groups is 1. The highest BCUT2D eigenvalue weighted by molar-refractivity contribution is 5.76. The zero-order valence-electron chi connectivity index (χ0n) is 11.0. The molecule has 98 valence electrons. The molecule has 18 heavy (non-hydrogen) atoms. The summed E-state index contributed by atoms with van der Waals surface area (Å²) in [6, 6.07) is 9.65. The molecule has 1 amide bonds. The smallest absolute Gasteiger partial charge is 0.222 e. The molecule has 0 saturated carbocycles. The molecule has 0 aliphatic rings. The van der Waals surface area contributed by atoms with Crippen LogP contribution in [0.2, 0.25) is 0 Å². The van der Waals surface area contributed by atoms with E-state index in [1.54, 1.807) is 11.0 Å². The van der Waals surface area contributed by atoms with Crippen molar-refractivity contribution in [1.82, 2.24) is 4.90 Å². The van der Waals surface area contributed by atoms with Crippen molar-refractivity contribution in [1.29, 1.82) is 0 Å². The van der Waals surface area contributed by atoms with E-state index in [2.05, 4.69) is 6.58 Å². The molecule has 0 aromatic heterocycles. The van der Waals surface area contributed by atoms with Gasteiger partial charge < -0.3 is 9.64 Å². The summed E-state index contributed by atoms with van der Waals surface area (Å²) in [4.78, 5) is 13.6. The quantitative estimate of drug-likeness (QED) is 0.522. The Morgan fingerprint density at radius 1 is 1.39 bits per heavy atom. The Morgan fingerprint density at radius 3 is 2.72 bits per heavy atom. The van der Waals surface area contributed by atoms with Crippen molar-refractivity contribution < 1.29 is 9.53 Å². The van der Waals surface area contributed by atoms with Crippen molar-refractivity contribution in [2.75, 3.05) is 19.7 Å². The van der Waals surface area contributed by atoms with E-state index >= 15 is 0 Å². The lowest BCUT2D eigenvalue weighted by Gasteiger charge is -2.18. The Bertz CT molecular complexity index is 362. The molecule has 0 aliphatic carbocycles. The maximum Gasteiger partial charge on any atom is 0.222 e. The standard InChI is InChI=1S/C15H21NO2/c1-3-12-16(4-2)15(17)11-8-13-18-14-9-6-5-7-10-14/h3,5-7,9-10H,1,4,8,11-13H2,2H3. The van der Waals surface area contributed by atoms with Crippen LogP contribution in [0.1, 0.15) is 19.8 Å². The van der Waals surface area contributed by atoms with Gasteiger partial charge in [0.1, 0.15) is 5.75 Å². The van der Waals surface area contributed by atoms with E-state index < -0.39 is 0 Å². The SMILES string of the molecule is C=CCN(CC)C(=O)CCCOc1ccccc1. The van der Waals surface area contributed by atoms with Gasteiger partial charge in [-0.05, 0) is 25.5 Å². The Hall–Kier alpha value is -1.77. The van der Waals surface area contributed by atoms with Crippen molar-refractivity contribution in [3.8, 4) is 5.75 Å². The average molecular weight is 247 g/mol. The van der Waals surface area contributed by atoms with Gasteiger partial charge in [-0.25, -0.2) is 0 Å². The Kier molecular flexibility index (Phi) is 6.62. The summed E-state index contributed by atoms with van der Waals surface area (Å²) in [6.45, 7) is 7.54. The van der Waals surface area contributed by atoms with Crippen LogP contribution >= 0.6 is 0 Å². The van der Waals surface area contributed by atoms with Crippen LogP contribution in [0.15, 0.2) is 43.0 Å². The molecule has 0 unspecified atom stereocenters. The molecule has 0 fully saturated rings. The van der Waals surface area contributed by atoms with Gasteiger partial charge in [0, 0.05) is 19.5 Å². The summed E-state index contributed by atoms with van der Waals surface area (Å²) < 4.78 is 5.54. The van der Waals surface area contributed by atoms with E-state index in [4.69, 9.17) is 4.74 Å². The second-order valence-corrected chi connectivity index (χ2v) is 3.99. The van der Waals surface area contributed by atoms with Gasteiger partial charge in [0.05, 0.1) is 6.61 Å². The molecule has 0 bridgehead atoms. The zero-order chi connectivity index (χ0) is 13.2. The number of amides is 1. The highest BCUT2D eigenvalue weighted by Crippen LogP contribution is 2.09. The van der Waals surface area contributed by atoms with Crippen LogP contribution in [0.3, 0.4) is 0 Å². The van der Waals surface area contributed by atoms with Crippen LogP contribution < -0.4 is 4.74 Å². The van der Waals surface area contributed by atoms with Gasteiger partial charge >= 0.3 is 0 Å². The summed E-state index contributed by atoms with van der Waals surface area (Å²) >= 11 is 0. The number of benzene rings is 1. The predicted molar refractivity (Wildman–Crippen MR) is 73.6 cm³/mol. The number of carbonyl (C=O) groups excluding carboxylic acids is 1. The third-order valence-electron chi connectivity index (χ3n) is 2.63. The van der Waals surface area contributed by atoms with Crippen LogP contribution in [0.4, 0.5) is 0 Å². The fraction of sp³-hybridized carbons (Fsp3) is 0.400. The van der Waals surface area contributed by atoms with E-state index in [1.807, 2.05) is 37.3 Å². The molecular weight excluding hydrogens is 226 g/mol. The number of para-hydroxylation sites is 1. The molecule has 0 heterocycles. The van der Waals surface area contributed by atoms with Gasteiger partial charge in [-0.15, -0.1) is 6.58 Å². The summed E-state index contributed by atoms with van der Waals surface area (Å²) in [5.74, 6) is 1.01. The normalized spacial score (nSPS) is 9.83. The molecule has 3 nitrogen and oxygen atoms in total. The minimum absolute atomic E-state index is 0.161. The fourth-order valence-electron chi connectivity index (χ4n) is 1.65. The number of likely N-dealkylation sites (N-methyl/N-ethyl adjacent to an activating group) is 1.